The van der Waals surface area contributed by atoms with Crippen LogP contribution in [-0.2, 0) is 6.42 Å². The summed E-state index contributed by atoms with van der Waals surface area (Å²) in [6.07, 6.45) is 2.98. The molecule has 0 fully saturated rings. The molecule has 1 aromatic carbocycles. The van der Waals surface area contributed by atoms with Crippen LogP contribution in [0.3, 0.4) is 0 Å². The van der Waals surface area contributed by atoms with Crippen molar-refractivity contribution < 1.29 is 0 Å². The number of nitrogens with zero attached hydrogens (tertiary/aromatic N) is 1. The van der Waals surface area contributed by atoms with Crippen LogP contribution in [-0.4, -0.2) is 10.2 Å². The van der Waals surface area contributed by atoms with Crippen molar-refractivity contribution in [1.82, 2.24) is 10.2 Å². The minimum atomic E-state index is 0.311. The number of benzene rings is 1. The Balaban J connectivity index is 1.86. The number of rotatable bonds is 4. The lowest BCUT2D eigenvalue weighted by molar-refractivity contribution is 0.910. The number of hydrogen-bond donors (Lipinski definition) is 2. The Hall–Kier alpha value is -1.81. The maximum atomic E-state index is 4.10. The van der Waals surface area contributed by atoms with Gasteiger partial charge >= 0.3 is 0 Å². The molecule has 3 rings (SSSR count). The van der Waals surface area contributed by atoms with Crippen molar-refractivity contribution in [3.63, 3.8) is 0 Å². The van der Waals surface area contributed by atoms with Crippen LogP contribution in [0.5, 0.6) is 0 Å². The first-order chi connectivity index (χ1) is 9.28. The molecule has 0 bridgehead atoms. The molecule has 3 aromatic rings. The van der Waals surface area contributed by atoms with Crippen LogP contribution in [0.15, 0.2) is 36.5 Å². The van der Waals surface area contributed by atoms with Crippen molar-refractivity contribution in [2.24, 2.45) is 0 Å². The van der Waals surface area contributed by atoms with Gasteiger partial charge in [0.1, 0.15) is 0 Å². The van der Waals surface area contributed by atoms with E-state index in [-0.39, 0.29) is 0 Å². The standard InChI is InChI=1S/C15H17N3S/c1-3-11-7-8-15(19-11)10(2)17-13-5-4-6-14-12(13)9-16-18-14/h4-10,17H,3H2,1-2H3,(H,16,18). The Morgan fingerprint density at radius 3 is 3.00 bits per heavy atom. The second-order valence-corrected chi connectivity index (χ2v) is 5.86. The third-order valence-corrected chi connectivity index (χ3v) is 4.73. The number of aromatic amines is 1. The lowest BCUT2D eigenvalue weighted by Crippen LogP contribution is -2.04. The lowest BCUT2D eigenvalue weighted by Gasteiger charge is -2.14. The third-order valence-electron chi connectivity index (χ3n) is 3.31. The minimum absolute atomic E-state index is 0.311. The molecule has 1 unspecified atom stereocenters. The zero-order chi connectivity index (χ0) is 13.2. The van der Waals surface area contributed by atoms with Gasteiger partial charge in [-0.3, -0.25) is 5.10 Å². The van der Waals surface area contributed by atoms with E-state index < -0.39 is 0 Å². The van der Waals surface area contributed by atoms with E-state index >= 15 is 0 Å². The van der Waals surface area contributed by atoms with Crippen LogP contribution in [0.2, 0.25) is 0 Å². The van der Waals surface area contributed by atoms with Gasteiger partial charge in [-0.25, -0.2) is 0 Å². The fourth-order valence-corrected chi connectivity index (χ4v) is 3.17. The average Bonchev–Trinajstić information content (AvgIpc) is 3.08. The fourth-order valence-electron chi connectivity index (χ4n) is 2.22. The molecule has 0 saturated carbocycles. The van der Waals surface area contributed by atoms with E-state index in [0.717, 1.165) is 23.0 Å². The Kier molecular flexibility index (Phi) is 3.25. The van der Waals surface area contributed by atoms with Crippen LogP contribution in [0.1, 0.15) is 29.6 Å². The number of fused-ring (bicyclic) bond motifs is 1. The molecule has 2 heterocycles. The highest BCUT2D eigenvalue weighted by Crippen LogP contribution is 2.29. The summed E-state index contributed by atoms with van der Waals surface area (Å²) in [4.78, 5) is 2.81. The highest BCUT2D eigenvalue weighted by molar-refractivity contribution is 7.12. The summed E-state index contributed by atoms with van der Waals surface area (Å²) < 4.78 is 0. The van der Waals surface area contributed by atoms with Crippen LogP contribution in [0.4, 0.5) is 5.69 Å². The summed E-state index contributed by atoms with van der Waals surface area (Å²) >= 11 is 1.88. The van der Waals surface area contributed by atoms with Crippen molar-refractivity contribution in [1.29, 1.82) is 0 Å². The highest BCUT2D eigenvalue weighted by atomic mass is 32.1. The highest BCUT2D eigenvalue weighted by Gasteiger charge is 2.10. The van der Waals surface area contributed by atoms with Crippen molar-refractivity contribution >= 4 is 27.9 Å². The number of thiophene rings is 1. The number of hydrogen-bond acceptors (Lipinski definition) is 3. The Morgan fingerprint density at radius 1 is 1.32 bits per heavy atom. The van der Waals surface area contributed by atoms with E-state index in [1.54, 1.807) is 0 Å². The summed E-state index contributed by atoms with van der Waals surface area (Å²) in [5.41, 5.74) is 2.20. The van der Waals surface area contributed by atoms with Crippen LogP contribution < -0.4 is 5.32 Å². The predicted molar refractivity (Wildman–Crippen MR) is 81.8 cm³/mol. The van der Waals surface area contributed by atoms with E-state index in [0.29, 0.717) is 6.04 Å². The summed E-state index contributed by atoms with van der Waals surface area (Å²) in [5, 5.41) is 11.8. The molecule has 98 valence electrons. The maximum absolute atomic E-state index is 4.10. The second-order valence-electron chi connectivity index (χ2n) is 4.66. The zero-order valence-electron chi connectivity index (χ0n) is 11.1. The average molecular weight is 271 g/mol. The summed E-state index contributed by atoms with van der Waals surface area (Å²) in [6.45, 7) is 4.39. The molecule has 1 atom stereocenters. The Morgan fingerprint density at radius 2 is 2.21 bits per heavy atom. The maximum Gasteiger partial charge on any atom is 0.0671 e. The van der Waals surface area contributed by atoms with Crippen molar-refractivity contribution in [3.05, 3.63) is 46.3 Å². The molecule has 0 amide bonds. The summed E-state index contributed by atoms with van der Waals surface area (Å²) in [6, 6.07) is 10.9. The first-order valence-electron chi connectivity index (χ1n) is 6.55. The zero-order valence-corrected chi connectivity index (χ0v) is 11.9. The molecule has 0 aliphatic rings. The quantitative estimate of drug-likeness (QED) is 0.740. The van der Waals surface area contributed by atoms with Gasteiger partial charge in [0.2, 0.25) is 0 Å². The van der Waals surface area contributed by atoms with Crippen molar-refractivity contribution in [2.45, 2.75) is 26.3 Å². The molecular weight excluding hydrogens is 254 g/mol. The first kappa shape index (κ1) is 12.2. The molecule has 0 aliphatic carbocycles. The number of aromatic nitrogens is 2. The van der Waals surface area contributed by atoms with E-state index in [4.69, 9.17) is 0 Å². The normalized spacial score (nSPS) is 12.7. The van der Waals surface area contributed by atoms with Gasteiger partial charge < -0.3 is 5.32 Å². The molecule has 0 saturated heterocycles. The number of anilines is 1. The third kappa shape index (κ3) is 2.36. The van der Waals surface area contributed by atoms with Gasteiger partial charge in [-0.1, -0.05) is 13.0 Å². The minimum Gasteiger partial charge on any atom is -0.377 e. The molecule has 19 heavy (non-hydrogen) atoms. The van der Waals surface area contributed by atoms with Crippen molar-refractivity contribution in [2.75, 3.05) is 5.32 Å². The lowest BCUT2D eigenvalue weighted by atomic mass is 10.2. The molecule has 4 heteroatoms. The number of H-pyrrole nitrogens is 1. The van der Waals surface area contributed by atoms with Gasteiger partial charge in [0.05, 0.1) is 17.8 Å². The smallest absolute Gasteiger partial charge is 0.0671 e. The molecule has 2 aromatic heterocycles. The molecule has 0 spiro atoms. The summed E-state index contributed by atoms with van der Waals surface area (Å²) in [5.74, 6) is 0. The number of nitrogens with one attached hydrogen (secondary N) is 2. The fraction of sp³-hybridized carbons (Fsp3) is 0.267. The number of aryl methyl sites for hydroxylation is 1. The van der Waals surface area contributed by atoms with Crippen molar-refractivity contribution in [3.8, 4) is 0 Å². The molecular formula is C15H17N3S. The molecule has 2 N–H and O–H groups in total. The van der Waals surface area contributed by atoms with Gasteiger partial charge in [0.15, 0.2) is 0 Å². The monoisotopic (exact) mass is 271 g/mol. The van der Waals surface area contributed by atoms with Crippen LogP contribution in [0, 0.1) is 0 Å². The van der Waals surface area contributed by atoms with E-state index in [1.165, 1.54) is 9.75 Å². The molecule has 0 radical (unpaired) electrons. The van der Waals surface area contributed by atoms with E-state index in [2.05, 4.69) is 47.6 Å². The van der Waals surface area contributed by atoms with Gasteiger partial charge in [0.25, 0.3) is 0 Å². The molecule has 3 nitrogen and oxygen atoms in total. The predicted octanol–water partition coefficient (Wildman–Crippen LogP) is 4.36. The molecule has 0 aliphatic heterocycles. The van der Waals surface area contributed by atoms with Crippen LogP contribution >= 0.6 is 11.3 Å². The Labute approximate surface area is 116 Å². The Bertz CT molecular complexity index is 683. The first-order valence-corrected chi connectivity index (χ1v) is 7.37. The van der Waals surface area contributed by atoms with E-state index in [1.807, 2.05) is 29.7 Å². The second kappa shape index (κ2) is 5.05. The van der Waals surface area contributed by atoms with Gasteiger partial charge in [-0.05, 0) is 37.6 Å². The topological polar surface area (TPSA) is 40.7 Å². The van der Waals surface area contributed by atoms with Gasteiger partial charge in [-0.15, -0.1) is 11.3 Å². The summed E-state index contributed by atoms with van der Waals surface area (Å²) in [7, 11) is 0. The SMILES string of the molecule is CCc1ccc(C(C)Nc2cccc3[nH]ncc23)s1. The van der Waals surface area contributed by atoms with E-state index in [9.17, 15) is 0 Å². The largest absolute Gasteiger partial charge is 0.377 e. The van der Waals surface area contributed by atoms with Gasteiger partial charge in [-0.2, -0.15) is 5.10 Å². The van der Waals surface area contributed by atoms with Crippen LogP contribution in [0.25, 0.3) is 10.9 Å². The van der Waals surface area contributed by atoms with Gasteiger partial charge in [0, 0.05) is 20.8 Å².